The minimum atomic E-state index is 1.21. The molecule has 1 aromatic heterocycles. The van der Waals surface area contributed by atoms with Gasteiger partial charge in [0.1, 0.15) is 7.05 Å². The monoisotopic (exact) mass is 196 g/mol. The zero-order chi connectivity index (χ0) is 10.5. The highest BCUT2D eigenvalue weighted by Gasteiger charge is 1.92. The molecule has 1 heterocycles. The summed E-state index contributed by atoms with van der Waals surface area (Å²) in [4.78, 5) is 0. The molecule has 0 bridgehead atoms. The molecule has 0 spiro atoms. The number of benzene rings is 1. The number of rotatable bonds is 2. The second-order valence-electron chi connectivity index (χ2n) is 3.55. The van der Waals surface area contributed by atoms with Gasteiger partial charge < -0.3 is 0 Å². The molecule has 0 amide bonds. The van der Waals surface area contributed by atoms with Crippen LogP contribution in [-0.2, 0) is 7.05 Å². The first-order valence-electron chi connectivity index (χ1n) is 5.03. The summed E-state index contributed by atoms with van der Waals surface area (Å²) >= 11 is 0. The molecule has 0 unspecified atom stereocenters. The van der Waals surface area contributed by atoms with E-state index in [9.17, 15) is 0 Å². The standard InChI is InChI=1S/C14H14N/c1-15-11-5-8-14(12-15)10-9-13-6-3-2-4-7-13/h2-12H,1H3/q+1. The summed E-state index contributed by atoms with van der Waals surface area (Å²) in [6.45, 7) is 0. The maximum absolute atomic E-state index is 2.12. The maximum atomic E-state index is 2.12. The Morgan fingerprint density at radius 3 is 2.27 bits per heavy atom. The third-order valence-corrected chi connectivity index (χ3v) is 2.23. The molecule has 2 aromatic rings. The van der Waals surface area contributed by atoms with Crippen molar-refractivity contribution in [1.82, 2.24) is 0 Å². The highest BCUT2D eigenvalue weighted by Crippen LogP contribution is 2.05. The lowest BCUT2D eigenvalue weighted by molar-refractivity contribution is -0.671. The Hall–Kier alpha value is -1.89. The van der Waals surface area contributed by atoms with Gasteiger partial charge in [-0.2, -0.15) is 0 Å². The van der Waals surface area contributed by atoms with Crippen LogP contribution in [0.3, 0.4) is 0 Å². The first kappa shape index (κ1) is 9.66. The van der Waals surface area contributed by atoms with Crippen molar-refractivity contribution in [1.29, 1.82) is 0 Å². The van der Waals surface area contributed by atoms with Crippen molar-refractivity contribution in [2.45, 2.75) is 0 Å². The summed E-state index contributed by atoms with van der Waals surface area (Å²) in [5, 5.41) is 0. The minimum absolute atomic E-state index is 1.21. The predicted molar refractivity (Wildman–Crippen MR) is 63.0 cm³/mol. The van der Waals surface area contributed by atoms with Crippen LogP contribution in [0.1, 0.15) is 11.1 Å². The van der Waals surface area contributed by atoms with Crippen molar-refractivity contribution in [2.24, 2.45) is 7.05 Å². The summed E-state index contributed by atoms with van der Waals surface area (Å²) in [6.07, 6.45) is 8.37. The predicted octanol–water partition coefficient (Wildman–Crippen LogP) is 2.68. The van der Waals surface area contributed by atoms with Gasteiger partial charge in [-0.25, -0.2) is 4.57 Å². The normalized spacial score (nSPS) is 10.7. The maximum Gasteiger partial charge on any atom is 0.175 e. The Morgan fingerprint density at radius 2 is 1.53 bits per heavy atom. The van der Waals surface area contributed by atoms with Gasteiger partial charge in [0.15, 0.2) is 12.4 Å². The molecule has 0 saturated carbocycles. The average molecular weight is 196 g/mol. The van der Waals surface area contributed by atoms with Crippen LogP contribution in [0.2, 0.25) is 0 Å². The van der Waals surface area contributed by atoms with Crippen LogP contribution in [0.4, 0.5) is 0 Å². The molecular weight excluding hydrogens is 182 g/mol. The highest BCUT2D eigenvalue weighted by molar-refractivity contribution is 5.68. The number of pyridine rings is 1. The zero-order valence-corrected chi connectivity index (χ0v) is 8.80. The van der Waals surface area contributed by atoms with E-state index in [1.807, 2.05) is 42.1 Å². The second kappa shape index (κ2) is 4.56. The van der Waals surface area contributed by atoms with E-state index >= 15 is 0 Å². The molecule has 1 nitrogen and oxygen atoms in total. The molecular formula is C14H14N+. The number of aromatic nitrogens is 1. The van der Waals surface area contributed by atoms with Gasteiger partial charge in [0.05, 0.1) is 0 Å². The van der Waals surface area contributed by atoms with Gasteiger partial charge in [-0.05, 0) is 17.7 Å². The molecule has 0 N–H and O–H groups in total. The van der Waals surface area contributed by atoms with Crippen LogP contribution in [-0.4, -0.2) is 0 Å². The van der Waals surface area contributed by atoms with E-state index < -0.39 is 0 Å². The van der Waals surface area contributed by atoms with Gasteiger partial charge in [-0.3, -0.25) is 0 Å². The van der Waals surface area contributed by atoms with E-state index in [0.29, 0.717) is 0 Å². The van der Waals surface area contributed by atoms with Crippen LogP contribution in [0.25, 0.3) is 12.2 Å². The molecule has 0 aliphatic rings. The molecule has 0 atom stereocenters. The number of hydrogen-bond donors (Lipinski definition) is 0. The fourth-order valence-corrected chi connectivity index (χ4v) is 1.47. The summed E-state index contributed by atoms with van der Waals surface area (Å²) in [5.41, 5.74) is 2.44. The molecule has 1 aromatic carbocycles. The topological polar surface area (TPSA) is 3.88 Å². The lowest BCUT2D eigenvalue weighted by Gasteiger charge is -1.92. The number of aryl methyl sites for hydroxylation is 1. The van der Waals surface area contributed by atoms with Crippen LogP contribution >= 0.6 is 0 Å². The summed E-state index contributed by atoms with van der Waals surface area (Å²) < 4.78 is 2.05. The minimum Gasteiger partial charge on any atom is -0.207 e. The second-order valence-corrected chi connectivity index (χ2v) is 3.55. The summed E-state index contributed by atoms with van der Waals surface area (Å²) in [6, 6.07) is 14.5. The SMILES string of the molecule is C[n+]1cccc(C=Cc2ccccc2)c1. The first-order valence-corrected chi connectivity index (χ1v) is 5.03. The highest BCUT2D eigenvalue weighted by atomic mass is 14.9. The van der Waals surface area contributed by atoms with Crippen molar-refractivity contribution in [2.75, 3.05) is 0 Å². The van der Waals surface area contributed by atoms with Crippen molar-refractivity contribution in [3.8, 4) is 0 Å². The molecule has 0 aliphatic carbocycles. The molecule has 0 radical (unpaired) electrons. The molecule has 74 valence electrons. The van der Waals surface area contributed by atoms with Crippen molar-refractivity contribution >= 4 is 12.2 Å². The van der Waals surface area contributed by atoms with Crippen molar-refractivity contribution in [3.05, 3.63) is 66.0 Å². The van der Waals surface area contributed by atoms with Crippen LogP contribution in [0.5, 0.6) is 0 Å². The first-order chi connectivity index (χ1) is 7.34. The Bertz CT molecular complexity index is 458. The Morgan fingerprint density at radius 1 is 0.867 bits per heavy atom. The van der Waals surface area contributed by atoms with E-state index in [1.54, 1.807) is 0 Å². The van der Waals surface area contributed by atoms with Gasteiger partial charge in [-0.15, -0.1) is 0 Å². The molecule has 0 saturated heterocycles. The Balaban J connectivity index is 2.19. The zero-order valence-electron chi connectivity index (χ0n) is 8.80. The number of nitrogens with zero attached hydrogens (tertiary/aromatic N) is 1. The quantitative estimate of drug-likeness (QED) is 0.650. The largest absolute Gasteiger partial charge is 0.207 e. The molecule has 1 heteroatoms. The van der Waals surface area contributed by atoms with Gasteiger partial charge in [0, 0.05) is 11.6 Å². The van der Waals surface area contributed by atoms with E-state index in [-0.39, 0.29) is 0 Å². The van der Waals surface area contributed by atoms with Gasteiger partial charge in [0.2, 0.25) is 0 Å². The molecule has 0 aliphatic heterocycles. The lowest BCUT2D eigenvalue weighted by atomic mass is 10.2. The number of hydrogen-bond acceptors (Lipinski definition) is 0. The molecule has 2 rings (SSSR count). The van der Waals surface area contributed by atoms with E-state index in [4.69, 9.17) is 0 Å². The van der Waals surface area contributed by atoms with Crippen molar-refractivity contribution in [3.63, 3.8) is 0 Å². The molecule has 15 heavy (non-hydrogen) atoms. The Labute approximate surface area is 90.3 Å². The fraction of sp³-hybridized carbons (Fsp3) is 0.0714. The third-order valence-electron chi connectivity index (χ3n) is 2.23. The van der Waals surface area contributed by atoms with Gasteiger partial charge in [0.25, 0.3) is 0 Å². The smallest absolute Gasteiger partial charge is 0.175 e. The van der Waals surface area contributed by atoms with Crippen LogP contribution < -0.4 is 4.57 Å². The molecule has 0 fully saturated rings. The van der Waals surface area contributed by atoms with Crippen LogP contribution in [0.15, 0.2) is 54.9 Å². The third kappa shape index (κ3) is 2.78. The van der Waals surface area contributed by atoms with Gasteiger partial charge >= 0.3 is 0 Å². The van der Waals surface area contributed by atoms with E-state index in [1.165, 1.54) is 11.1 Å². The van der Waals surface area contributed by atoms with E-state index in [2.05, 4.69) is 36.5 Å². The Kier molecular flexibility index (Phi) is 2.93. The summed E-state index contributed by atoms with van der Waals surface area (Å²) in [5.74, 6) is 0. The lowest BCUT2D eigenvalue weighted by Crippen LogP contribution is -2.26. The van der Waals surface area contributed by atoms with Crippen molar-refractivity contribution < 1.29 is 4.57 Å². The van der Waals surface area contributed by atoms with Crippen LogP contribution in [0, 0.1) is 0 Å². The van der Waals surface area contributed by atoms with Gasteiger partial charge in [-0.1, -0.05) is 36.4 Å². The average Bonchev–Trinajstić information content (AvgIpc) is 2.28. The summed E-state index contributed by atoms with van der Waals surface area (Å²) in [7, 11) is 2.03. The van der Waals surface area contributed by atoms with E-state index in [0.717, 1.165) is 0 Å². The fourth-order valence-electron chi connectivity index (χ4n) is 1.47.